The molecule has 0 bridgehead atoms. The van der Waals surface area contributed by atoms with Gasteiger partial charge in [0, 0.05) is 6.07 Å². The Kier molecular flexibility index (Phi) is 7.79. The second-order valence-electron chi connectivity index (χ2n) is 9.79. The van der Waals surface area contributed by atoms with E-state index >= 15 is 0 Å². The number of hydrogen-bond donors (Lipinski definition) is 7. The Morgan fingerprint density at radius 2 is 1.74 bits per heavy atom. The Morgan fingerprint density at radius 3 is 2.41 bits per heavy atom. The average molecular weight is 551 g/mol. The number of rotatable bonds is 7. The first-order valence-electron chi connectivity index (χ1n) is 12.3. The Labute approximate surface area is 222 Å². The molecule has 9 atom stereocenters. The summed E-state index contributed by atoms with van der Waals surface area (Å²) in [5, 5.41) is 70.3. The molecule has 3 heterocycles. The van der Waals surface area contributed by atoms with E-state index in [-0.39, 0.29) is 29.5 Å². The molecule has 2 aromatic rings. The predicted molar refractivity (Wildman–Crippen MR) is 128 cm³/mol. The fraction of sp³-hybridized carbons (Fsp3) is 0.500. The molecule has 3 aliphatic heterocycles. The molecule has 212 valence electrons. The lowest BCUT2D eigenvalue weighted by Crippen LogP contribution is -2.62. The number of aromatic hydroxyl groups is 1. The summed E-state index contributed by atoms with van der Waals surface area (Å²) in [6.07, 6.45) is -10.9. The monoisotopic (exact) mass is 550 g/mol. The third-order valence-corrected chi connectivity index (χ3v) is 7.11. The number of aliphatic hydroxyl groups is 6. The first kappa shape index (κ1) is 27.7. The molecular formula is C26H30O13. The molecule has 0 saturated carbocycles. The molecular weight excluding hydrogens is 520 g/mol. The van der Waals surface area contributed by atoms with Crippen molar-refractivity contribution in [2.45, 2.75) is 61.2 Å². The quantitative estimate of drug-likeness (QED) is 0.215. The van der Waals surface area contributed by atoms with Crippen molar-refractivity contribution in [1.29, 1.82) is 0 Å². The van der Waals surface area contributed by atoms with Gasteiger partial charge < -0.3 is 59.4 Å². The number of carbonyl (C=O) groups excluding carboxylic acids is 1. The number of aliphatic hydroxyl groups excluding tert-OH is 5. The van der Waals surface area contributed by atoms with Gasteiger partial charge in [-0.05, 0) is 29.8 Å². The van der Waals surface area contributed by atoms with Crippen LogP contribution in [0.5, 0.6) is 17.2 Å². The number of benzene rings is 2. The third kappa shape index (κ3) is 5.33. The van der Waals surface area contributed by atoms with Crippen LogP contribution in [0.25, 0.3) is 0 Å². The Balaban J connectivity index is 1.31. The van der Waals surface area contributed by atoms with Crippen molar-refractivity contribution in [2.24, 2.45) is 0 Å². The first-order valence-corrected chi connectivity index (χ1v) is 12.3. The molecule has 39 heavy (non-hydrogen) atoms. The fourth-order valence-corrected chi connectivity index (χ4v) is 4.75. The molecule has 3 aliphatic rings. The number of carbonyl (C=O) groups is 1. The van der Waals surface area contributed by atoms with E-state index < -0.39 is 74.6 Å². The van der Waals surface area contributed by atoms with E-state index in [0.717, 1.165) is 0 Å². The number of fused-ring (bicyclic) bond motifs is 1. The maximum atomic E-state index is 12.5. The molecule has 2 saturated heterocycles. The van der Waals surface area contributed by atoms with E-state index in [4.69, 9.17) is 23.7 Å². The minimum absolute atomic E-state index is 0.0275. The lowest BCUT2D eigenvalue weighted by atomic mass is 9.96. The van der Waals surface area contributed by atoms with Gasteiger partial charge in [0.2, 0.25) is 6.29 Å². The summed E-state index contributed by atoms with van der Waals surface area (Å²) < 4.78 is 28.3. The van der Waals surface area contributed by atoms with E-state index in [9.17, 15) is 40.5 Å². The number of ether oxygens (including phenoxy) is 5. The van der Waals surface area contributed by atoms with Gasteiger partial charge in [0.15, 0.2) is 18.2 Å². The van der Waals surface area contributed by atoms with Crippen molar-refractivity contribution in [3.63, 3.8) is 0 Å². The summed E-state index contributed by atoms with van der Waals surface area (Å²) >= 11 is 0. The van der Waals surface area contributed by atoms with Gasteiger partial charge in [-0.3, -0.25) is 4.79 Å². The van der Waals surface area contributed by atoms with Crippen molar-refractivity contribution >= 4 is 5.78 Å². The minimum atomic E-state index is -1.98. The summed E-state index contributed by atoms with van der Waals surface area (Å²) in [6.45, 7) is -1.88. The predicted octanol–water partition coefficient (Wildman–Crippen LogP) is -1.26. The largest absolute Gasteiger partial charge is 0.508 e. The van der Waals surface area contributed by atoms with Crippen LogP contribution >= 0.6 is 0 Å². The zero-order valence-corrected chi connectivity index (χ0v) is 20.6. The molecule has 0 amide bonds. The first-order chi connectivity index (χ1) is 18.6. The van der Waals surface area contributed by atoms with Crippen LogP contribution in [-0.4, -0.2) is 110 Å². The molecule has 0 spiro atoms. The van der Waals surface area contributed by atoms with Crippen LogP contribution in [0.4, 0.5) is 0 Å². The highest BCUT2D eigenvalue weighted by molar-refractivity contribution is 6.00. The standard InChI is InChI=1S/C26H30O13/c27-9-19-20(31)21(32)22(39-25-23(33)26(34,10-28)11-35-25)24(38-19)36-14-4-1-12(2-5-14)17-8-16(30)15-6-3-13(29)7-18(15)37-17/h1-7,17,19-25,27-29,31-34H,8-11H2/t17-,19-,20-,21+,22+,23-,24+,25+,26+/m0/s1. The number of Topliss-reactive ketones (excluding diaryl/α,β-unsaturated/α-hetero) is 1. The minimum Gasteiger partial charge on any atom is -0.508 e. The highest BCUT2D eigenvalue weighted by Crippen LogP contribution is 2.38. The van der Waals surface area contributed by atoms with Gasteiger partial charge in [-0.15, -0.1) is 0 Å². The van der Waals surface area contributed by atoms with Crippen molar-refractivity contribution in [3.8, 4) is 17.2 Å². The smallest absolute Gasteiger partial charge is 0.229 e. The van der Waals surface area contributed by atoms with E-state index in [0.29, 0.717) is 11.1 Å². The highest BCUT2D eigenvalue weighted by atomic mass is 16.8. The normalized spacial score (nSPS) is 36.3. The Bertz CT molecular complexity index is 1170. The molecule has 7 N–H and O–H groups in total. The summed E-state index contributed by atoms with van der Waals surface area (Å²) in [6, 6.07) is 10.7. The van der Waals surface area contributed by atoms with E-state index in [1.165, 1.54) is 18.2 Å². The zero-order chi connectivity index (χ0) is 27.9. The third-order valence-electron chi connectivity index (χ3n) is 7.11. The lowest BCUT2D eigenvalue weighted by molar-refractivity contribution is -0.318. The van der Waals surface area contributed by atoms with Crippen molar-refractivity contribution in [1.82, 2.24) is 0 Å². The second-order valence-corrected chi connectivity index (χ2v) is 9.79. The van der Waals surface area contributed by atoms with Crippen LogP contribution in [0.3, 0.4) is 0 Å². The molecule has 0 aromatic heterocycles. The molecule has 2 fully saturated rings. The lowest BCUT2D eigenvalue weighted by Gasteiger charge is -2.42. The van der Waals surface area contributed by atoms with Gasteiger partial charge in [0.05, 0.1) is 31.8 Å². The van der Waals surface area contributed by atoms with Crippen LogP contribution in [0.1, 0.15) is 28.4 Å². The van der Waals surface area contributed by atoms with E-state index in [2.05, 4.69) is 0 Å². The van der Waals surface area contributed by atoms with Crippen LogP contribution in [-0.2, 0) is 14.2 Å². The SMILES string of the molecule is O=C1C[C@@H](c2ccc(O[C@@H]3O[C@@H](CO)[C@H](O)[C@@H](O)[C@H]3O[C@H]3OC[C@](O)(CO)[C@H]3O)cc2)Oc2cc(O)ccc21. The fourth-order valence-electron chi connectivity index (χ4n) is 4.75. The topological polar surface area (TPSA) is 205 Å². The summed E-state index contributed by atoms with van der Waals surface area (Å²) in [7, 11) is 0. The number of phenols is 1. The number of ketones is 1. The maximum Gasteiger partial charge on any atom is 0.229 e. The highest BCUT2D eigenvalue weighted by Gasteiger charge is 2.53. The van der Waals surface area contributed by atoms with Crippen LogP contribution < -0.4 is 9.47 Å². The maximum absolute atomic E-state index is 12.5. The molecule has 2 aromatic carbocycles. The van der Waals surface area contributed by atoms with Gasteiger partial charge in [-0.1, -0.05) is 12.1 Å². The van der Waals surface area contributed by atoms with Crippen LogP contribution in [0.2, 0.25) is 0 Å². The Morgan fingerprint density at radius 1 is 1.00 bits per heavy atom. The summed E-state index contributed by atoms with van der Waals surface area (Å²) in [5.74, 6) is 0.348. The van der Waals surface area contributed by atoms with Gasteiger partial charge >= 0.3 is 0 Å². The summed E-state index contributed by atoms with van der Waals surface area (Å²) in [5.41, 5.74) is -0.945. The average Bonchev–Trinajstić information content (AvgIpc) is 3.21. The number of hydrogen-bond acceptors (Lipinski definition) is 13. The molecule has 0 radical (unpaired) electrons. The second kappa shape index (κ2) is 11.0. The van der Waals surface area contributed by atoms with Crippen molar-refractivity contribution in [3.05, 3.63) is 53.6 Å². The van der Waals surface area contributed by atoms with Gasteiger partial charge in [0.1, 0.15) is 53.4 Å². The van der Waals surface area contributed by atoms with Gasteiger partial charge in [-0.2, -0.15) is 0 Å². The van der Waals surface area contributed by atoms with Crippen molar-refractivity contribution < 1.29 is 64.2 Å². The van der Waals surface area contributed by atoms with Gasteiger partial charge in [-0.25, -0.2) is 0 Å². The Hall–Kier alpha value is -2.85. The summed E-state index contributed by atoms with van der Waals surface area (Å²) in [4.78, 5) is 12.5. The number of phenolic OH excluding ortho intramolecular Hbond substituents is 1. The molecule has 0 aliphatic carbocycles. The van der Waals surface area contributed by atoms with Crippen LogP contribution in [0.15, 0.2) is 42.5 Å². The molecule has 0 unspecified atom stereocenters. The van der Waals surface area contributed by atoms with Gasteiger partial charge in [0.25, 0.3) is 0 Å². The molecule has 13 heteroatoms. The van der Waals surface area contributed by atoms with Crippen LogP contribution in [0, 0.1) is 0 Å². The zero-order valence-electron chi connectivity index (χ0n) is 20.6. The van der Waals surface area contributed by atoms with Crippen molar-refractivity contribution in [2.75, 3.05) is 19.8 Å². The molecule has 13 nitrogen and oxygen atoms in total. The van der Waals surface area contributed by atoms with E-state index in [1.807, 2.05) is 0 Å². The van der Waals surface area contributed by atoms with E-state index in [1.54, 1.807) is 24.3 Å². The molecule has 5 rings (SSSR count).